The molecule has 4 aromatic rings. The quantitative estimate of drug-likeness (QED) is 0.478. The Morgan fingerprint density at radius 3 is 2.56 bits per heavy atom. The minimum atomic E-state index is -0.331. The van der Waals surface area contributed by atoms with Crippen molar-refractivity contribution in [1.82, 2.24) is 29.2 Å². The third kappa shape index (κ3) is 3.84. The van der Waals surface area contributed by atoms with Crippen LogP contribution < -0.4 is 16.6 Å². The van der Waals surface area contributed by atoms with Crippen LogP contribution in [-0.4, -0.2) is 36.4 Å². The van der Waals surface area contributed by atoms with E-state index in [1.165, 1.54) is 15.6 Å². The van der Waals surface area contributed by atoms with Gasteiger partial charge in [-0.1, -0.05) is 30.3 Å². The van der Waals surface area contributed by atoms with Crippen LogP contribution in [0.15, 0.2) is 70.5 Å². The Labute approximate surface area is 182 Å². The maximum absolute atomic E-state index is 13.0. The van der Waals surface area contributed by atoms with Gasteiger partial charge in [0.1, 0.15) is 12.4 Å². The number of carbonyl (C=O) groups excluding carboxylic acids is 1. The van der Waals surface area contributed by atoms with Crippen molar-refractivity contribution in [2.45, 2.75) is 31.8 Å². The highest BCUT2D eigenvalue weighted by Crippen LogP contribution is 2.39. The summed E-state index contributed by atoms with van der Waals surface area (Å²) in [5, 5.41) is 7.75. The van der Waals surface area contributed by atoms with Crippen LogP contribution in [-0.2, 0) is 17.9 Å². The average molecular weight is 430 g/mol. The van der Waals surface area contributed by atoms with Crippen molar-refractivity contribution in [1.29, 1.82) is 0 Å². The van der Waals surface area contributed by atoms with Crippen LogP contribution in [0.4, 0.5) is 0 Å². The van der Waals surface area contributed by atoms with Gasteiger partial charge in [-0.05, 0) is 37.1 Å². The van der Waals surface area contributed by atoms with E-state index in [0.29, 0.717) is 16.8 Å². The second-order valence-corrected chi connectivity index (χ2v) is 7.85. The van der Waals surface area contributed by atoms with Gasteiger partial charge >= 0.3 is 5.69 Å². The third-order valence-electron chi connectivity index (χ3n) is 5.51. The normalized spacial score (nSPS) is 13.4. The van der Waals surface area contributed by atoms with E-state index in [1.54, 1.807) is 22.8 Å². The Bertz CT molecular complexity index is 1400. The predicted molar refractivity (Wildman–Crippen MR) is 119 cm³/mol. The summed E-state index contributed by atoms with van der Waals surface area (Å²) in [7, 11) is 0. The van der Waals surface area contributed by atoms with Crippen LogP contribution >= 0.6 is 0 Å². The van der Waals surface area contributed by atoms with Crippen LogP contribution in [0.25, 0.3) is 16.6 Å². The molecule has 2 aromatic carbocycles. The van der Waals surface area contributed by atoms with Gasteiger partial charge in [-0.2, -0.15) is 5.10 Å². The molecule has 0 bridgehead atoms. The SMILES string of the molecule is O=C(Cn1cnc2ccccc2c1=O)NCCn1nc(C2CC2)n(-c2ccccc2)c1=O. The van der Waals surface area contributed by atoms with E-state index in [9.17, 15) is 14.4 Å². The predicted octanol–water partition coefficient (Wildman–Crippen LogP) is 1.44. The van der Waals surface area contributed by atoms with Crippen LogP contribution in [0.5, 0.6) is 0 Å². The largest absolute Gasteiger partial charge is 0.353 e. The summed E-state index contributed by atoms with van der Waals surface area (Å²) in [4.78, 5) is 42.1. The first kappa shape index (κ1) is 19.9. The van der Waals surface area contributed by atoms with E-state index in [2.05, 4.69) is 15.4 Å². The number of rotatable bonds is 7. The molecule has 0 atom stereocenters. The second-order valence-electron chi connectivity index (χ2n) is 7.85. The lowest BCUT2D eigenvalue weighted by Gasteiger charge is -2.08. The maximum Gasteiger partial charge on any atom is 0.350 e. The van der Waals surface area contributed by atoms with Gasteiger partial charge in [0.15, 0.2) is 0 Å². The molecule has 1 N–H and O–H groups in total. The molecular formula is C23H22N6O3. The van der Waals surface area contributed by atoms with Gasteiger partial charge in [0.25, 0.3) is 5.56 Å². The summed E-state index contributed by atoms with van der Waals surface area (Å²) >= 11 is 0. The smallest absolute Gasteiger partial charge is 0.350 e. The molecule has 162 valence electrons. The number of carbonyl (C=O) groups is 1. The van der Waals surface area contributed by atoms with Crippen LogP contribution in [0.1, 0.15) is 24.6 Å². The van der Waals surface area contributed by atoms with Crippen molar-refractivity contribution in [3.05, 3.63) is 87.6 Å². The van der Waals surface area contributed by atoms with Crippen LogP contribution in [0, 0.1) is 0 Å². The zero-order valence-electron chi connectivity index (χ0n) is 17.3. The number of nitrogens with zero attached hydrogens (tertiary/aromatic N) is 5. The van der Waals surface area contributed by atoms with E-state index >= 15 is 0 Å². The number of aromatic nitrogens is 5. The lowest BCUT2D eigenvalue weighted by molar-refractivity contribution is -0.121. The molecule has 32 heavy (non-hydrogen) atoms. The van der Waals surface area contributed by atoms with Crippen LogP contribution in [0.2, 0.25) is 0 Å². The van der Waals surface area contributed by atoms with Crippen molar-refractivity contribution < 1.29 is 4.79 Å². The van der Waals surface area contributed by atoms with Crippen molar-refractivity contribution in [3.8, 4) is 5.69 Å². The summed E-state index contributed by atoms with van der Waals surface area (Å²) in [5.74, 6) is 0.731. The van der Waals surface area contributed by atoms with Gasteiger partial charge < -0.3 is 5.32 Å². The fourth-order valence-corrected chi connectivity index (χ4v) is 3.73. The zero-order valence-corrected chi connectivity index (χ0v) is 17.3. The Morgan fingerprint density at radius 1 is 1.03 bits per heavy atom. The molecule has 1 fully saturated rings. The monoisotopic (exact) mass is 430 g/mol. The molecule has 0 saturated heterocycles. The standard InChI is InChI=1S/C23H22N6O3/c30-20(14-27-15-25-19-9-5-4-8-18(19)22(27)31)24-12-13-28-23(32)29(17-6-2-1-3-7-17)21(26-28)16-10-11-16/h1-9,15-16H,10-14H2,(H,24,30). The first-order chi connectivity index (χ1) is 15.6. The Hall–Kier alpha value is -4.01. The highest BCUT2D eigenvalue weighted by Gasteiger charge is 2.31. The summed E-state index contributed by atoms with van der Waals surface area (Å²) < 4.78 is 4.32. The second kappa shape index (κ2) is 8.26. The van der Waals surface area contributed by atoms with Gasteiger partial charge in [-0.25, -0.2) is 19.0 Å². The molecule has 2 heterocycles. The van der Waals surface area contributed by atoms with Crippen molar-refractivity contribution >= 4 is 16.8 Å². The highest BCUT2D eigenvalue weighted by molar-refractivity contribution is 5.78. The molecule has 1 saturated carbocycles. The number of hydrogen-bond acceptors (Lipinski definition) is 5. The molecular weight excluding hydrogens is 408 g/mol. The van der Waals surface area contributed by atoms with Crippen LogP contribution in [0.3, 0.4) is 0 Å². The lowest BCUT2D eigenvalue weighted by Crippen LogP contribution is -2.35. The minimum Gasteiger partial charge on any atom is -0.353 e. The topological polar surface area (TPSA) is 104 Å². The molecule has 9 heteroatoms. The van der Waals surface area contributed by atoms with Crippen molar-refractivity contribution in [2.75, 3.05) is 6.54 Å². The van der Waals surface area contributed by atoms with E-state index in [0.717, 1.165) is 24.4 Å². The average Bonchev–Trinajstić information content (AvgIpc) is 3.61. The first-order valence-corrected chi connectivity index (χ1v) is 10.6. The highest BCUT2D eigenvalue weighted by atomic mass is 16.2. The van der Waals surface area contributed by atoms with Crippen molar-refractivity contribution in [2.24, 2.45) is 0 Å². The fourth-order valence-electron chi connectivity index (χ4n) is 3.73. The van der Waals surface area contributed by atoms with E-state index < -0.39 is 0 Å². The lowest BCUT2D eigenvalue weighted by atomic mass is 10.2. The first-order valence-electron chi connectivity index (χ1n) is 10.6. The third-order valence-corrected chi connectivity index (χ3v) is 5.51. The van der Waals surface area contributed by atoms with Crippen molar-refractivity contribution in [3.63, 3.8) is 0 Å². The van der Waals surface area contributed by atoms with Gasteiger partial charge in [0.2, 0.25) is 5.91 Å². The Balaban J connectivity index is 1.27. The molecule has 5 rings (SSSR count). The summed E-state index contributed by atoms with van der Waals surface area (Å²) in [5.41, 5.74) is 0.895. The van der Waals surface area contributed by atoms with Gasteiger partial charge in [0.05, 0.1) is 29.5 Å². The number of fused-ring (bicyclic) bond motifs is 1. The summed E-state index contributed by atoms with van der Waals surface area (Å²) in [6.07, 6.45) is 3.42. The molecule has 0 radical (unpaired) electrons. The van der Waals surface area contributed by atoms with Gasteiger partial charge in [0, 0.05) is 12.5 Å². The van der Waals surface area contributed by atoms with E-state index in [4.69, 9.17) is 0 Å². The van der Waals surface area contributed by atoms with Gasteiger partial charge in [-0.3, -0.25) is 14.2 Å². The molecule has 1 aliphatic rings. The minimum absolute atomic E-state index is 0.142. The Morgan fingerprint density at radius 2 is 1.78 bits per heavy atom. The number of hydrogen-bond donors (Lipinski definition) is 1. The maximum atomic E-state index is 13.0. The molecule has 0 spiro atoms. The molecule has 0 aliphatic heterocycles. The summed E-state index contributed by atoms with van der Waals surface area (Å²) in [6, 6.07) is 16.5. The number of nitrogens with one attached hydrogen (secondary N) is 1. The Kier molecular flexibility index (Phi) is 5.14. The molecule has 1 aliphatic carbocycles. The fraction of sp³-hybridized carbons (Fsp3) is 0.261. The molecule has 0 unspecified atom stereocenters. The molecule has 2 aromatic heterocycles. The molecule has 9 nitrogen and oxygen atoms in total. The molecule has 1 amide bonds. The number of benzene rings is 2. The summed E-state index contributed by atoms with van der Waals surface area (Å²) in [6.45, 7) is 0.330. The number of amides is 1. The van der Waals surface area contributed by atoms with E-state index in [-0.39, 0.29) is 36.8 Å². The van der Waals surface area contributed by atoms with Gasteiger partial charge in [-0.15, -0.1) is 0 Å². The number of para-hydroxylation sites is 2. The zero-order chi connectivity index (χ0) is 22.1. The van der Waals surface area contributed by atoms with E-state index in [1.807, 2.05) is 36.4 Å².